The third-order valence-electron chi connectivity index (χ3n) is 6.44. The smallest absolute Gasteiger partial charge is 0.311 e. The Hall–Kier alpha value is -2.18. The van der Waals surface area contributed by atoms with Crippen molar-refractivity contribution in [3.05, 3.63) is 64.3 Å². The first kappa shape index (κ1) is 20.7. The molecular formula is C25H29N3OS2. The first-order valence-electron chi connectivity index (χ1n) is 11.1. The minimum Gasteiger partial charge on any atom is -0.311 e. The van der Waals surface area contributed by atoms with Gasteiger partial charge in [-0.25, -0.2) is 4.79 Å². The fourth-order valence-corrected chi connectivity index (χ4v) is 6.88. The Labute approximate surface area is 192 Å². The maximum absolute atomic E-state index is 13.7. The fourth-order valence-electron chi connectivity index (χ4n) is 5.02. The van der Waals surface area contributed by atoms with Crippen LogP contribution in [0, 0.1) is 5.92 Å². The monoisotopic (exact) mass is 451 g/mol. The molecule has 1 aliphatic carbocycles. The van der Waals surface area contributed by atoms with Crippen LogP contribution in [0.3, 0.4) is 0 Å². The van der Waals surface area contributed by atoms with Gasteiger partial charge in [0.2, 0.25) is 0 Å². The van der Waals surface area contributed by atoms with Crippen molar-refractivity contribution in [2.75, 3.05) is 11.6 Å². The van der Waals surface area contributed by atoms with E-state index in [1.165, 1.54) is 46.0 Å². The van der Waals surface area contributed by atoms with E-state index in [9.17, 15) is 4.79 Å². The highest BCUT2D eigenvalue weighted by Crippen LogP contribution is 2.44. The van der Waals surface area contributed by atoms with E-state index in [1.54, 1.807) is 11.8 Å². The van der Waals surface area contributed by atoms with Gasteiger partial charge in [0.05, 0.1) is 12.6 Å². The summed E-state index contributed by atoms with van der Waals surface area (Å²) >= 11 is 3.62. The molecule has 3 heterocycles. The number of nitrogens with one attached hydrogen (secondary N) is 1. The van der Waals surface area contributed by atoms with Crippen LogP contribution < -0.4 is 5.32 Å². The third-order valence-corrected chi connectivity index (χ3v) is 8.50. The molecule has 0 bridgehead atoms. The van der Waals surface area contributed by atoms with Crippen molar-refractivity contribution in [1.29, 1.82) is 0 Å². The lowest BCUT2D eigenvalue weighted by atomic mass is 9.94. The Balaban J connectivity index is 1.57. The Morgan fingerprint density at radius 3 is 2.81 bits per heavy atom. The lowest BCUT2D eigenvalue weighted by molar-refractivity contribution is 0.161. The quantitative estimate of drug-likeness (QED) is 0.441. The van der Waals surface area contributed by atoms with Gasteiger partial charge < -0.3 is 14.8 Å². The summed E-state index contributed by atoms with van der Waals surface area (Å²) in [5.74, 6) is 0.307. The molecule has 0 fully saturated rings. The van der Waals surface area contributed by atoms with Gasteiger partial charge in [-0.2, -0.15) is 0 Å². The molecule has 31 heavy (non-hydrogen) atoms. The van der Waals surface area contributed by atoms with Gasteiger partial charge in [-0.3, -0.25) is 0 Å². The maximum Gasteiger partial charge on any atom is 0.322 e. The van der Waals surface area contributed by atoms with E-state index in [0.717, 1.165) is 17.0 Å². The van der Waals surface area contributed by atoms with Crippen molar-refractivity contribution < 1.29 is 4.79 Å². The van der Waals surface area contributed by atoms with Gasteiger partial charge >= 0.3 is 6.03 Å². The summed E-state index contributed by atoms with van der Waals surface area (Å²) in [5, 5.41) is 4.51. The molecule has 2 aliphatic rings. The van der Waals surface area contributed by atoms with E-state index in [-0.39, 0.29) is 12.1 Å². The van der Waals surface area contributed by atoms with Crippen molar-refractivity contribution in [2.24, 2.45) is 5.92 Å². The van der Waals surface area contributed by atoms with Crippen molar-refractivity contribution in [3.8, 4) is 5.00 Å². The number of fused-ring (bicyclic) bond motifs is 5. The summed E-state index contributed by atoms with van der Waals surface area (Å²) in [6, 6.07) is 12.4. The van der Waals surface area contributed by atoms with Crippen molar-refractivity contribution in [2.45, 2.75) is 57.0 Å². The zero-order chi connectivity index (χ0) is 21.5. The summed E-state index contributed by atoms with van der Waals surface area (Å²) in [6.07, 6.45) is 9.06. The number of carbonyl (C=O) groups excluding carboxylic acids is 1. The fraction of sp³-hybridized carbons (Fsp3) is 0.400. The topological polar surface area (TPSA) is 37.3 Å². The Bertz CT molecular complexity index is 1110. The molecule has 2 amide bonds. The SMILES string of the molecule is CSc1cccc(NC(=O)N2Cc3c(sc4c3CCCC4)-n3cccc3[C@H]2C(C)C)c1. The van der Waals surface area contributed by atoms with Gasteiger partial charge in [0, 0.05) is 32.9 Å². The molecule has 0 radical (unpaired) electrons. The number of benzene rings is 1. The second-order valence-corrected chi connectivity index (χ2v) is 10.7. The van der Waals surface area contributed by atoms with Crippen LogP contribution in [-0.4, -0.2) is 21.8 Å². The molecule has 6 heteroatoms. The average Bonchev–Trinajstić information content (AvgIpc) is 3.35. The maximum atomic E-state index is 13.7. The van der Waals surface area contributed by atoms with Gasteiger partial charge in [0.15, 0.2) is 0 Å². The Morgan fingerprint density at radius 1 is 1.16 bits per heavy atom. The number of urea groups is 1. The molecule has 1 aliphatic heterocycles. The highest BCUT2D eigenvalue weighted by molar-refractivity contribution is 7.98. The lowest BCUT2D eigenvalue weighted by Crippen LogP contribution is -2.39. The Kier molecular flexibility index (Phi) is 5.61. The predicted octanol–water partition coefficient (Wildman–Crippen LogP) is 6.88. The standard InChI is InChI=1S/C25H29N3OS2/c1-16(2)23-21-11-7-13-27(21)24-20(19-10-4-5-12-22(19)31-24)15-28(23)25(29)26-17-8-6-9-18(14-17)30-3/h6-9,11,13-14,16,23H,4-5,10,12,15H2,1-3H3,(H,26,29)/t23-/m1/s1. The number of thiophene rings is 1. The largest absolute Gasteiger partial charge is 0.322 e. The third kappa shape index (κ3) is 3.70. The van der Waals surface area contributed by atoms with E-state index in [0.29, 0.717) is 12.5 Å². The molecule has 0 saturated heterocycles. The average molecular weight is 452 g/mol. The summed E-state index contributed by atoms with van der Waals surface area (Å²) < 4.78 is 2.35. The molecule has 1 atom stereocenters. The zero-order valence-electron chi connectivity index (χ0n) is 18.4. The van der Waals surface area contributed by atoms with E-state index in [1.807, 2.05) is 29.5 Å². The number of thioether (sulfide) groups is 1. The van der Waals surface area contributed by atoms with Crippen LogP contribution in [0.15, 0.2) is 47.5 Å². The zero-order valence-corrected chi connectivity index (χ0v) is 20.0. The predicted molar refractivity (Wildman–Crippen MR) is 131 cm³/mol. The molecule has 4 nitrogen and oxygen atoms in total. The number of hydrogen-bond acceptors (Lipinski definition) is 3. The molecule has 0 unspecified atom stereocenters. The highest BCUT2D eigenvalue weighted by Gasteiger charge is 2.36. The number of anilines is 1. The van der Waals surface area contributed by atoms with Crippen LogP contribution in [0.1, 0.15) is 54.4 Å². The highest BCUT2D eigenvalue weighted by atomic mass is 32.2. The van der Waals surface area contributed by atoms with Crippen molar-refractivity contribution in [1.82, 2.24) is 9.47 Å². The van der Waals surface area contributed by atoms with Crippen LogP contribution in [0.25, 0.3) is 5.00 Å². The summed E-state index contributed by atoms with van der Waals surface area (Å²) in [6.45, 7) is 5.09. The first-order valence-corrected chi connectivity index (χ1v) is 13.1. The van der Waals surface area contributed by atoms with Crippen LogP contribution in [-0.2, 0) is 19.4 Å². The molecule has 0 saturated carbocycles. The van der Waals surface area contributed by atoms with E-state index < -0.39 is 0 Å². The second kappa shape index (κ2) is 8.40. The number of aromatic nitrogens is 1. The molecular weight excluding hydrogens is 422 g/mol. The van der Waals surface area contributed by atoms with E-state index >= 15 is 0 Å². The number of aryl methyl sites for hydroxylation is 1. The molecule has 1 N–H and O–H groups in total. The molecule has 5 rings (SSSR count). The molecule has 3 aromatic rings. The van der Waals surface area contributed by atoms with Crippen LogP contribution in [0.4, 0.5) is 10.5 Å². The van der Waals surface area contributed by atoms with Gasteiger partial charge in [0.1, 0.15) is 5.00 Å². The van der Waals surface area contributed by atoms with Crippen LogP contribution >= 0.6 is 23.1 Å². The molecule has 162 valence electrons. The number of hydrogen-bond donors (Lipinski definition) is 1. The normalized spacial score (nSPS) is 17.7. The summed E-state index contributed by atoms with van der Waals surface area (Å²) in [4.78, 5) is 18.4. The van der Waals surface area contributed by atoms with Gasteiger partial charge in [-0.15, -0.1) is 23.1 Å². The molecule has 0 spiro atoms. The Morgan fingerprint density at radius 2 is 2.00 bits per heavy atom. The van der Waals surface area contributed by atoms with Crippen LogP contribution in [0.2, 0.25) is 0 Å². The van der Waals surface area contributed by atoms with E-state index in [2.05, 4.69) is 59.3 Å². The number of rotatable bonds is 3. The second-order valence-electron chi connectivity index (χ2n) is 8.78. The van der Waals surface area contributed by atoms with Gasteiger partial charge in [-0.1, -0.05) is 19.9 Å². The van der Waals surface area contributed by atoms with Crippen molar-refractivity contribution >= 4 is 34.8 Å². The van der Waals surface area contributed by atoms with Gasteiger partial charge in [-0.05, 0) is 73.8 Å². The summed E-state index contributed by atoms with van der Waals surface area (Å²) in [7, 11) is 0. The van der Waals surface area contributed by atoms with Crippen molar-refractivity contribution in [3.63, 3.8) is 0 Å². The number of nitrogens with zero attached hydrogens (tertiary/aromatic N) is 2. The minimum atomic E-state index is -0.0201. The minimum absolute atomic E-state index is 0.0201. The number of amides is 2. The lowest BCUT2D eigenvalue weighted by Gasteiger charge is -2.33. The number of carbonyl (C=O) groups is 1. The first-order chi connectivity index (χ1) is 15.1. The van der Waals surface area contributed by atoms with E-state index in [4.69, 9.17) is 0 Å². The summed E-state index contributed by atoms with van der Waals surface area (Å²) in [5.41, 5.74) is 4.91. The van der Waals surface area contributed by atoms with Gasteiger partial charge in [0.25, 0.3) is 0 Å². The molecule has 2 aromatic heterocycles. The van der Waals surface area contributed by atoms with Crippen LogP contribution in [0.5, 0.6) is 0 Å². The molecule has 1 aromatic carbocycles.